The number of hydrogen-bond acceptors (Lipinski definition) is 16. The minimum Gasteiger partial charge on any atom is -0.481 e. The average molecular weight is 959 g/mol. The molecule has 0 aliphatic carbocycles. The summed E-state index contributed by atoms with van der Waals surface area (Å²) in [7, 11) is 0. The second kappa shape index (κ2) is 27.7. The highest BCUT2D eigenvalue weighted by atomic mass is 19.1. The van der Waals surface area contributed by atoms with Crippen LogP contribution in [-0.4, -0.2) is 120 Å². The van der Waals surface area contributed by atoms with Crippen LogP contribution < -0.4 is 20.9 Å². The van der Waals surface area contributed by atoms with Crippen molar-refractivity contribution < 1.29 is 42.9 Å². The molecular weight excluding hydrogens is 895 g/mol. The number of rotatable bonds is 13. The third-order valence-electron chi connectivity index (χ3n) is 10.4. The lowest BCUT2D eigenvalue weighted by molar-refractivity contribution is -0.134. The number of nitrogens with two attached hydrogens (primary N) is 1. The van der Waals surface area contributed by atoms with Crippen molar-refractivity contribution in [3.63, 3.8) is 0 Å². The predicted molar refractivity (Wildman–Crippen MR) is 258 cm³/mol. The number of pyridine rings is 2. The van der Waals surface area contributed by atoms with Crippen molar-refractivity contribution in [2.45, 2.75) is 85.7 Å². The Morgan fingerprint density at radius 3 is 1.71 bits per heavy atom. The average Bonchev–Trinajstić information content (AvgIpc) is 4.17. The van der Waals surface area contributed by atoms with Crippen LogP contribution in [0.15, 0.2) is 68.0 Å². The van der Waals surface area contributed by atoms with E-state index in [1.807, 2.05) is 19.1 Å². The van der Waals surface area contributed by atoms with Gasteiger partial charge in [0, 0.05) is 63.2 Å². The number of fused-ring (bicyclic) bond motifs is 2. The van der Waals surface area contributed by atoms with Gasteiger partial charge in [0.2, 0.25) is 0 Å². The third-order valence-corrected chi connectivity index (χ3v) is 10.4. The van der Waals surface area contributed by atoms with Gasteiger partial charge in [0.25, 0.3) is 5.97 Å². The number of aliphatic carboxylic acids is 1. The Bertz CT molecular complexity index is 2600. The Morgan fingerprint density at radius 1 is 0.812 bits per heavy atom. The second-order valence-corrected chi connectivity index (χ2v) is 15.2. The summed E-state index contributed by atoms with van der Waals surface area (Å²) in [4.78, 5) is 55.6. The van der Waals surface area contributed by atoms with Crippen molar-refractivity contribution in [1.82, 2.24) is 44.5 Å². The number of nitrogens with one attached hydrogen (secondary N) is 1. The van der Waals surface area contributed by atoms with Gasteiger partial charge < -0.3 is 40.5 Å². The number of nitrogens with zero attached hydrogens (tertiary/aromatic N) is 10. The second-order valence-electron chi connectivity index (χ2n) is 15.2. The summed E-state index contributed by atoms with van der Waals surface area (Å²) in [5.41, 5.74) is 9.63. The summed E-state index contributed by atoms with van der Waals surface area (Å²) >= 11 is 0. The van der Waals surface area contributed by atoms with Crippen LogP contribution in [0.5, 0.6) is 0 Å². The lowest BCUT2D eigenvalue weighted by Gasteiger charge is -2.27. The fraction of sp³-hybridized carbons (Fsp3) is 0.438. The third kappa shape index (κ3) is 14.8. The quantitative estimate of drug-likeness (QED) is 0.0722. The van der Waals surface area contributed by atoms with Crippen LogP contribution in [0.4, 0.5) is 20.4 Å². The van der Waals surface area contributed by atoms with Crippen molar-refractivity contribution in [3.8, 4) is 0 Å². The zero-order valence-corrected chi connectivity index (χ0v) is 40.1. The van der Waals surface area contributed by atoms with Crippen LogP contribution in [0.3, 0.4) is 0 Å². The molecule has 0 saturated carbocycles. The molecule has 0 amide bonds. The molecule has 2 aliphatic heterocycles. The Morgan fingerprint density at radius 2 is 1.26 bits per heavy atom. The van der Waals surface area contributed by atoms with E-state index in [4.69, 9.17) is 35.2 Å². The fourth-order valence-corrected chi connectivity index (χ4v) is 7.74. The molecular formula is C48H64F2N12O7. The lowest BCUT2D eigenvalue weighted by Crippen LogP contribution is -2.26. The number of aromatic nitrogens is 8. The van der Waals surface area contributed by atoms with Gasteiger partial charge in [0.1, 0.15) is 34.4 Å². The van der Waals surface area contributed by atoms with E-state index in [2.05, 4.69) is 53.8 Å². The molecule has 2 aliphatic rings. The number of aliphatic hydroxyl groups is 1. The Kier molecular flexibility index (Phi) is 22.0. The molecule has 6 aromatic rings. The van der Waals surface area contributed by atoms with E-state index in [1.54, 1.807) is 54.3 Å². The normalized spacial score (nSPS) is 14.9. The van der Waals surface area contributed by atoms with Gasteiger partial charge >= 0.3 is 11.9 Å². The number of carboxylic acids is 1. The van der Waals surface area contributed by atoms with Gasteiger partial charge in [0.15, 0.2) is 11.3 Å². The van der Waals surface area contributed by atoms with E-state index in [-0.39, 0.29) is 43.5 Å². The molecule has 0 aromatic carbocycles. The number of halogens is 2. The number of carbonyl (C=O) groups is 3. The summed E-state index contributed by atoms with van der Waals surface area (Å²) in [5, 5.41) is 26.7. The fourth-order valence-electron chi connectivity index (χ4n) is 7.74. The number of esters is 2. The van der Waals surface area contributed by atoms with Crippen LogP contribution >= 0.6 is 0 Å². The molecule has 372 valence electrons. The SMILES string of the molecule is C=Cc1ncc(F)cc1C1CCCN1c1ccn2ncc(C(=O)OCC)c2n1.CC(=O)O.CCN.CCNCCc1ncc(F)cc1C1CCCN1c1ccn2ncc(C(=O)OCC)c2n1.CCO. The molecule has 2 atom stereocenters. The summed E-state index contributed by atoms with van der Waals surface area (Å²) in [6.45, 7) is 18.8. The predicted octanol–water partition coefficient (Wildman–Crippen LogP) is 6.41. The molecule has 0 bridgehead atoms. The highest BCUT2D eigenvalue weighted by Gasteiger charge is 2.32. The first-order chi connectivity index (χ1) is 33.3. The molecule has 21 heteroatoms. The molecule has 5 N–H and O–H groups in total. The van der Waals surface area contributed by atoms with E-state index in [0.29, 0.717) is 33.9 Å². The first-order valence-corrected chi connectivity index (χ1v) is 23.0. The van der Waals surface area contributed by atoms with E-state index in [9.17, 15) is 18.4 Å². The molecule has 2 fully saturated rings. The first kappa shape index (κ1) is 54.6. The van der Waals surface area contributed by atoms with Crippen molar-refractivity contribution in [1.29, 1.82) is 0 Å². The van der Waals surface area contributed by atoms with E-state index in [0.717, 1.165) is 94.4 Å². The maximum absolute atomic E-state index is 14.1. The zero-order valence-electron chi connectivity index (χ0n) is 40.1. The summed E-state index contributed by atoms with van der Waals surface area (Å²) < 4.78 is 41.3. The van der Waals surface area contributed by atoms with Gasteiger partial charge in [-0.2, -0.15) is 10.2 Å². The minimum atomic E-state index is -0.833. The number of carboxylic acid groups (broad SMARTS) is 1. The van der Waals surface area contributed by atoms with Crippen LogP contribution in [0.1, 0.15) is 123 Å². The first-order valence-electron chi connectivity index (χ1n) is 23.0. The monoisotopic (exact) mass is 958 g/mol. The molecule has 19 nitrogen and oxygen atoms in total. The van der Waals surface area contributed by atoms with Gasteiger partial charge in [-0.1, -0.05) is 20.4 Å². The molecule has 6 aromatic heterocycles. The number of anilines is 2. The van der Waals surface area contributed by atoms with E-state index >= 15 is 0 Å². The van der Waals surface area contributed by atoms with E-state index in [1.165, 1.54) is 30.9 Å². The molecule has 8 heterocycles. The zero-order chi connectivity index (χ0) is 50.5. The van der Waals surface area contributed by atoms with E-state index < -0.39 is 17.9 Å². The molecule has 69 heavy (non-hydrogen) atoms. The summed E-state index contributed by atoms with van der Waals surface area (Å²) in [6, 6.07) is 6.72. The highest BCUT2D eigenvalue weighted by molar-refractivity contribution is 5.96. The lowest BCUT2D eigenvalue weighted by atomic mass is 10.0. The standard InChI is InChI=1S/C22H27FN6O2.C20H20FN5O2.C2H7N.C2H4O2.C2H6O/c1-3-24-9-7-18-16(12-15(23)13-25-18)19-6-5-10-28(19)20-8-11-29-21(27-20)17(14-26-29)22(30)31-4-2;1-3-16-14(10-13(21)11-22-16)17-6-5-8-25(17)18-7-9-26-19(24-18)15(12-23-26)20(27)28-4-2;1-2-3;1-2(3)4;1-2-3/h8,11-14,19,24H,3-7,9-10H2,1-2H3;3,7,9-12,17H,1,4-6,8H2,2H3;2-3H2,1H3;1H3,(H,3,4);3H,2H2,1H3. The molecule has 0 spiro atoms. The Balaban J connectivity index is 0.000000253. The van der Waals surface area contributed by atoms with Gasteiger partial charge in [-0.3, -0.25) is 14.8 Å². The smallest absolute Gasteiger partial charge is 0.343 e. The van der Waals surface area contributed by atoms with Crippen molar-refractivity contribution in [3.05, 3.63) is 113 Å². The van der Waals surface area contributed by atoms with Crippen LogP contribution in [0.2, 0.25) is 0 Å². The Hall–Kier alpha value is -6.97. The van der Waals surface area contributed by atoms with Gasteiger partial charge in [-0.15, -0.1) is 0 Å². The van der Waals surface area contributed by atoms with Crippen molar-refractivity contribution in [2.24, 2.45) is 5.73 Å². The van der Waals surface area contributed by atoms with Crippen LogP contribution in [0.25, 0.3) is 17.4 Å². The minimum absolute atomic E-state index is 0.0243. The van der Waals surface area contributed by atoms with Gasteiger partial charge in [-0.05, 0) is 95.4 Å². The maximum atomic E-state index is 14.1. The summed E-state index contributed by atoms with van der Waals surface area (Å²) in [6.07, 6.45) is 15.0. The molecule has 2 unspecified atom stereocenters. The summed E-state index contributed by atoms with van der Waals surface area (Å²) in [5.74, 6) is -1.03. The molecule has 2 saturated heterocycles. The number of carbonyl (C=O) groups excluding carboxylic acids is 2. The van der Waals surface area contributed by atoms with Crippen molar-refractivity contribution >= 4 is 46.9 Å². The molecule has 8 rings (SSSR count). The van der Waals surface area contributed by atoms with Crippen LogP contribution in [0, 0.1) is 11.6 Å². The largest absolute Gasteiger partial charge is 0.481 e. The topological polar surface area (TPSA) is 241 Å². The van der Waals surface area contributed by atoms with Crippen LogP contribution in [-0.2, 0) is 20.7 Å². The number of aliphatic hydroxyl groups excluding tert-OH is 1. The van der Waals surface area contributed by atoms with Gasteiger partial charge in [0.05, 0.1) is 55.8 Å². The van der Waals surface area contributed by atoms with Gasteiger partial charge in [-0.25, -0.2) is 37.4 Å². The highest BCUT2D eigenvalue weighted by Crippen LogP contribution is 2.38. The maximum Gasteiger partial charge on any atom is 0.343 e. The van der Waals surface area contributed by atoms with Crippen molar-refractivity contribution in [2.75, 3.05) is 62.3 Å². The number of ether oxygens (including phenoxy) is 2. The molecule has 0 radical (unpaired) electrons. The Labute approximate surface area is 400 Å². The number of hydrogen-bond donors (Lipinski definition) is 4. The number of likely N-dealkylation sites (N-methyl/N-ethyl adjacent to an activating group) is 1.